The fourth-order valence-electron chi connectivity index (χ4n) is 1.66. The Labute approximate surface area is 107 Å². The average molecular weight is 237 g/mol. The van der Waals surface area contributed by atoms with Crippen LogP contribution in [0.2, 0.25) is 0 Å². The average Bonchev–Trinajstić information content (AvgIpc) is 2.40. The van der Waals surface area contributed by atoms with Crippen molar-refractivity contribution in [3.05, 3.63) is 53.7 Å². The van der Waals surface area contributed by atoms with E-state index >= 15 is 0 Å². The summed E-state index contributed by atoms with van der Waals surface area (Å²) >= 11 is 0. The van der Waals surface area contributed by atoms with E-state index in [0.29, 0.717) is 11.5 Å². The molecule has 3 nitrogen and oxygen atoms in total. The first-order valence-corrected chi connectivity index (χ1v) is 5.92. The second-order valence-electron chi connectivity index (χ2n) is 4.45. The van der Waals surface area contributed by atoms with Gasteiger partial charge in [-0.25, -0.2) is 4.98 Å². The number of nitrogens with zero attached hydrogens (tertiary/aromatic N) is 2. The molecule has 0 saturated heterocycles. The Bertz CT molecular complexity index is 565. The zero-order valence-corrected chi connectivity index (χ0v) is 10.5. The predicted molar refractivity (Wildman–Crippen MR) is 72.8 cm³/mol. The molecular weight excluding hydrogens is 222 g/mol. The largest absolute Gasteiger partial charge is 0.340 e. The van der Waals surface area contributed by atoms with Crippen LogP contribution in [0.4, 0.5) is 11.5 Å². The molecule has 0 fully saturated rings. The Morgan fingerprint density at radius 1 is 1.22 bits per heavy atom. The van der Waals surface area contributed by atoms with Gasteiger partial charge in [0.15, 0.2) is 0 Å². The molecule has 18 heavy (non-hydrogen) atoms. The molecular formula is C15H15N3. The maximum absolute atomic E-state index is 8.71. The van der Waals surface area contributed by atoms with Gasteiger partial charge < -0.3 is 5.32 Å². The van der Waals surface area contributed by atoms with Gasteiger partial charge in [-0.1, -0.05) is 26.0 Å². The monoisotopic (exact) mass is 237 g/mol. The van der Waals surface area contributed by atoms with Gasteiger partial charge in [0.05, 0.1) is 5.56 Å². The fraction of sp³-hybridized carbons (Fsp3) is 0.200. The molecule has 0 aliphatic carbocycles. The number of hydrogen-bond donors (Lipinski definition) is 1. The van der Waals surface area contributed by atoms with E-state index in [4.69, 9.17) is 5.26 Å². The van der Waals surface area contributed by atoms with E-state index in [-0.39, 0.29) is 0 Å². The Morgan fingerprint density at radius 3 is 2.67 bits per heavy atom. The van der Waals surface area contributed by atoms with Crippen molar-refractivity contribution in [3.8, 4) is 6.07 Å². The van der Waals surface area contributed by atoms with Gasteiger partial charge in [0.2, 0.25) is 0 Å². The van der Waals surface area contributed by atoms with Crippen LogP contribution >= 0.6 is 0 Å². The summed E-state index contributed by atoms with van der Waals surface area (Å²) in [6.45, 7) is 4.33. The lowest BCUT2D eigenvalue weighted by Gasteiger charge is -2.09. The van der Waals surface area contributed by atoms with E-state index in [9.17, 15) is 0 Å². The fourth-order valence-corrected chi connectivity index (χ4v) is 1.66. The zero-order chi connectivity index (χ0) is 13.0. The lowest BCUT2D eigenvalue weighted by Crippen LogP contribution is -1.95. The molecule has 0 spiro atoms. The standard InChI is InChI=1S/C15H15N3/c1-11(2)13-4-3-5-14(8-13)18-15-7-6-12(9-16)10-17-15/h3-8,10-11H,1-2H3,(H,17,18). The van der Waals surface area contributed by atoms with E-state index in [1.54, 1.807) is 18.3 Å². The molecule has 3 heteroatoms. The highest BCUT2D eigenvalue weighted by molar-refractivity contribution is 5.57. The first kappa shape index (κ1) is 12.1. The smallest absolute Gasteiger partial charge is 0.130 e. The first-order chi connectivity index (χ1) is 8.69. The van der Waals surface area contributed by atoms with Gasteiger partial charge in [-0.15, -0.1) is 0 Å². The molecule has 0 unspecified atom stereocenters. The van der Waals surface area contributed by atoms with Crippen molar-refractivity contribution >= 4 is 11.5 Å². The maximum atomic E-state index is 8.71. The third kappa shape index (κ3) is 2.86. The van der Waals surface area contributed by atoms with Crippen LogP contribution in [0.15, 0.2) is 42.6 Å². The van der Waals surface area contributed by atoms with Gasteiger partial charge in [0, 0.05) is 11.9 Å². The Hall–Kier alpha value is -2.34. The van der Waals surface area contributed by atoms with Crippen molar-refractivity contribution in [3.63, 3.8) is 0 Å². The van der Waals surface area contributed by atoms with Crippen LogP contribution in [0.25, 0.3) is 0 Å². The van der Waals surface area contributed by atoms with Crippen molar-refractivity contribution in [2.24, 2.45) is 0 Å². The van der Waals surface area contributed by atoms with Gasteiger partial charge in [0.25, 0.3) is 0 Å². The van der Waals surface area contributed by atoms with Gasteiger partial charge in [-0.3, -0.25) is 0 Å². The number of nitrogens with one attached hydrogen (secondary N) is 1. The number of nitriles is 1. The Kier molecular flexibility index (Phi) is 3.59. The molecule has 0 aliphatic rings. The van der Waals surface area contributed by atoms with Crippen LogP contribution in [0.3, 0.4) is 0 Å². The molecule has 2 rings (SSSR count). The summed E-state index contributed by atoms with van der Waals surface area (Å²) in [6.07, 6.45) is 1.56. The topological polar surface area (TPSA) is 48.7 Å². The van der Waals surface area contributed by atoms with Crippen LogP contribution in [-0.2, 0) is 0 Å². The third-order valence-electron chi connectivity index (χ3n) is 2.72. The molecule has 0 amide bonds. The summed E-state index contributed by atoms with van der Waals surface area (Å²) in [4.78, 5) is 4.19. The van der Waals surface area contributed by atoms with Gasteiger partial charge in [-0.05, 0) is 35.7 Å². The van der Waals surface area contributed by atoms with Crippen molar-refractivity contribution in [2.45, 2.75) is 19.8 Å². The van der Waals surface area contributed by atoms with Crippen molar-refractivity contribution in [2.75, 3.05) is 5.32 Å². The van der Waals surface area contributed by atoms with Crippen LogP contribution in [0, 0.1) is 11.3 Å². The SMILES string of the molecule is CC(C)c1cccc(Nc2ccc(C#N)cn2)c1. The second-order valence-corrected chi connectivity index (χ2v) is 4.45. The minimum absolute atomic E-state index is 0.501. The lowest BCUT2D eigenvalue weighted by atomic mass is 10.0. The zero-order valence-electron chi connectivity index (χ0n) is 10.5. The van der Waals surface area contributed by atoms with E-state index in [0.717, 1.165) is 11.5 Å². The normalized spacial score (nSPS) is 10.1. The number of anilines is 2. The molecule has 1 N–H and O–H groups in total. The molecule has 2 aromatic rings. The molecule has 1 heterocycles. The highest BCUT2D eigenvalue weighted by Gasteiger charge is 2.01. The molecule has 1 aromatic carbocycles. The predicted octanol–water partition coefficient (Wildman–Crippen LogP) is 3.82. The summed E-state index contributed by atoms with van der Waals surface area (Å²) in [5.41, 5.74) is 2.86. The molecule has 0 bridgehead atoms. The van der Waals surface area contributed by atoms with Gasteiger partial charge >= 0.3 is 0 Å². The summed E-state index contributed by atoms with van der Waals surface area (Å²) < 4.78 is 0. The van der Waals surface area contributed by atoms with Crippen LogP contribution < -0.4 is 5.32 Å². The molecule has 0 atom stereocenters. The van der Waals surface area contributed by atoms with E-state index in [2.05, 4.69) is 42.4 Å². The van der Waals surface area contributed by atoms with Gasteiger partial charge in [0.1, 0.15) is 11.9 Å². The van der Waals surface area contributed by atoms with Crippen LogP contribution in [-0.4, -0.2) is 4.98 Å². The van der Waals surface area contributed by atoms with Crippen LogP contribution in [0.1, 0.15) is 30.9 Å². The second kappa shape index (κ2) is 5.33. The number of hydrogen-bond acceptors (Lipinski definition) is 3. The number of aromatic nitrogens is 1. The minimum Gasteiger partial charge on any atom is -0.340 e. The molecule has 1 aromatic heterocycles. The van der Waals surface area contributed by atoms with Crippen molar-refractivity contribution in [1.82, 2.24) is 4.98 Å². The first-order valence-electron chi connectivity index (χ1n) is 5.92. The molecule has 0 radical (unpaired) electrons. The third-order valence-corrected chi connectivity index (χ3v) is 2.72. The highest BCUT2D eigenvalue weighted by Crippen LogP contribution is 2.20. The molecule has 90 valence electrons. The maximum Gasteiger partial charge on any atom is 0.130 e. The minimum atomic E-state index is 0.501. The summed E-state index contributed by atoms with van der Waals surface area (Å²) in [5.74, 6) is 1.25. The number of benzene rings is 1. The summed E-state index contributed by atoms with van der Waals surface area (Å²) in [5, 5.41) is 11.9. The van der Waals surface area contributed by atoms with Gasteiger partial charge in [-0.2, -0.15) is 5.26 Å². The Morgan fingerprint density at radius 2 is 2.06 bits per heavy atom. The van der Waals surface area contributed by atoms with Crippen molar-refractivity contribution in [1.29, 1.82) is 5.26 Å². The summed E-state index contributed by atoms with van der Waals surface area (Å²) in [6, 6.07) is 13.9. The number of pyridine rings is 1. The molecule has 0 aliphatic heterocycles. The van der Waals surface area contributed by atoms with E-state index in [1.807, 2.05) is 12.1 Å². The number of rotatable bonds is 3. The lowest BCUT2D eigenvalue weighted by molar-refractivity contribution is 0.867. The summed E-state index contributed by atoms with van der Waals surface area (Å²) in [7, 11) is 0. The molecule has 0 saturated carbocycles. The van der Waals surface area contributed by atoms with E-state index in [1.165, 1.54) is 5.56 Å². The Balaban J connectivity index is 2.18. The van der Waals surface area contributed by atoms with Crippen LogP contribution in [0.5, 0.6) is 0 Å². The highest BCUT2D eigenvalue weighted by atomic mass is 15.0. The van der Waals surface area contributed by atoms with Crippen molar-refractivity contribution < 1.29 is 0 Å². The quantitative estimate of drug-likeness (QED) is 0.882. The van der Waals surface area contributed by atoms with E-state index < -0.39 is 0 Å².